The maximum Gasteiger partial charge on any atom is 0.123 e. The van der Waals surface area contributed by atoms with Gasteiger partial charge in [-0.25, -0.2) is 4.39 Å². The van der Waals surface area contributed by atoms with Crippen LogP contribution in [-0.4, -0.2) is 5.54 Å². The Bertz CT molecular complexity index is 386. The summed E-state index contributed by atoms with van der Waals surface area (Å²) in [5, 5.41) is 0. The maximum atomic E-state index is 13.3. The van der Waals surface area contributed by atoms with Crippen molar-refractivity contribution in [2.24, 2.45) is 5.73 Å². The molecule has 0 aromatic heterocycles. The molecule has 0 saturated heterocycles. The predicted molar refractivity (Wildman–Crippen MR) is 60.3 cm³/mol. The molecule has 1 saturated carbocycles. The molecule has 1 fully saturated rings. The molecule has 0 bridgehead atoms. The molecular weight excluding hydrogens is 189 g/mol. The largest absolute Gasteiger partial charge is 0.325 e. The third-order valence-corrected chi connectivity index (χ3v) is 3.70. The second-order valence-electron chi connectivity index (χ2n) is 5.26. The number of hydrogen-bond donors (Lipinski definition) is 1. The highest BCUT2D eigenvalue weighted by Crippen LogP contribution is 2.55. The molecule has 0 radical (unpaired) electrons. The third-order valence-electron chi connectivity index (χ3n) is 3.70. The standard InChI is InChI=1S/C13H18FN/c1-9-4-5-10(14)8-11(9)13(6-7-13)12(2,3)15/h4-5,8H,6-7,15H2,1-3H3. The fraction of sp³-hybridized carbons (Fsp3) is 0.538. The summed E-state index contributed by atoms with van der Waals surface area (Å²) >= 11 is 0. The number of hydrogen-bond acceptors (Lipinski definition) is 1. The first-order chi connectivity index (χ1) is 6.87. The fourth-order valence-electron chi connectivity index (χ4n) is 2.50. The highest BCUT2D eigenvalue weighted by Gasteiger charge is 2.54. The summed E-state index contributed by atoms with van der Waals surface area (Å²) in [6.07, 6.45) is 2.14. The van der Waals surface area contributed by atoms with E-state index in [2.05, 4.69) is 0 Å². The van der Waals surface area contributed by atoms with Gasteiger partial charge in [0.1, 0.15) is 5.82 Å². The minimum absolute atomic E-state index is 0.000810. The van der Waals surface area contributed by atoms with Crippen molar-refractivity contribution >= 4 is 0 Å². The van der Waals surface area contributed by atoms with Crippen LogP contribution in [0.3, 0.4) is 0 Å². The molecule has 0 aliphatic heterocycles. The van der Waals surface area contributed by atoms with E-state index in [1.54, 1.807) is 6.07 Å². The summed E-state index contributed by atoms with van der Waals surface area (Å²) < 4.78 is 13.3. The SMILES string of the molecule is Cc1ccc(F)cc1C1(C(C)(C)N)CC1. The van der Waals surface area contributed by atoms with Gasteiger partial charge in [-0.1, -0.05) is 6.07 Å². The van der Waals surface area contributed by atoms with Crippen LogP contribution < -0.4 is 5.73 Å². The van der Waals surface area contributed by atoms with E-state index in [0.29, 0.717) is 0 Å². The Morgan fingerprint density at radius 1 is 1.33 bits per heavy atom. The summed E-state index contributed by atoms with van der Waals surface area (Å²) in [6.45, 7) is 6.09. The minimum Gasteiger partial charge on any atom is -0.325 e. The second kappa shape index (κ2) is 3.05. The van der Waals surface area contributed by atoms with Crippen LogP contribution in [0.5, 0.6) is 0 Å². The molecule has 1 aliphatic carbocycles. The van der Waals surface area contributed by atoms with Gasteiger partial charge in [0.15, 0.2) is 0 Å². The van der Waals surface area contributed by atoms with Crippen LogP contribution in [0.15, 0.2) is 18.2 Å². The molecule has 0 amide bonds. The molecule has 2 heteroatoms. The summed E-state index contributed by atoms with van der Waals surface area (Å²) in [5.74, 6) is -0.161. The lowest BCUT2D eigenvalue weighted by Crippen LogP contribution is -2.45. The Hall–Kier alpha value is -0.890. The third kappa shape index (κ3) is 1.57. The van der Waals surface area contributed by atoms with Crippen molar-refractivity contribution < 1.29 is 4.39 Å². The van der Waals surface area contributed by atoms with Gasteiger partial charge in [0.25, 0.3) is 0 Å². The molecule has 1 aromatic rings. The Labute approximate surface area is 90.5 Å². The normalized spacial score (nSPS) is 19.0. The molecule has 1 aliphatic rings. The van der Waals surface area contributed by atoms with Crippen molar-refractivity contribution in [2.75, 3.05) is 0 Å². The Kier molecular flexibility index (Phi) is 2.16. The number of rotatable bonds is 2. The van der Waals surface area contributed by atoms with Gasteiger partial charge in [0.05, 0.1) is 0 Å². The highest BCUT2D eigenvalue weighted by atomic mass is 19.1. The maximum absolute atomic E-state index is 13.3. The van der Waals surface area contributed by atoms with Crippen LogP contribution in [0.2, 0.25) is 0 Å². The lowest BCUT2D eigenvalue weighted by molar-refractivity contribution is 0.389. The quantitative estimate of drug-likeness (QED) is 0.792. The summed E-state index contributed by atoms with van der Waals surface area (Å²) in [5.41, 5.74) is 8.17. The second-order valence-corrected chi connectivity index (χ2v) is 5.26. The van der Waals surface area contributed by atoms with Gasteiger partial charge >= 0.3 is 0 Å². The van der Waals surface area contributed by atoms with Crippen molar-refractivity contribution in [1.82, 2.24) is 0 Å². The molecule has 0 atom stereocenters. The Morgan fingerprint density at radius 3 is 2.40 bits per heavy atom. The van der Waals surface area contributed by atoms with Gasteiger partial charge in [-0.3, -0.25) is 0 Å². The smallest absolute Gasteiger partial charge is 0.123 e. The van der Waals surface area contributed by atoms with E-state index in [-0.39, 0.29) is 16.8 Å². The minimum atomic E-state index is -0.272. The van der Waals surface area contributed by atoms with Gasteiger partial charge in [-0.15, -0.1) is 0 Å². The average Bonchev–Trinajstić information content (AvgIpc) is 2.88. The fourth-order valence-corrected chi connectivity index (χ4v) is 2.50. The summed E-state index contributed by atoms with van der Waals surface area (Å²) in [4.78, 5) is 0. The Morgan fingerprint density at radius 2 is 1.93 bits per heavy atom. The van der Waals surface area contributed by atoms with Crippen molar-refractivity contribution in [1.29, 1.82) is 0 Å². The number of nitrogens with two attached hydrogens (primary N) is 1. The molecule has 0 unspecified atom stereocenters. The van der Waals surface area contributed by atoms with E-state index in [1.165, 1.54) is 6.07 Å². The van der Waals surface area contributed by atoms with Crippen LogP contribution in [0, 0.1) is 12.7 Å². The van der Waals surface area contributed by atoms with Gasteiger partial charge in [-0.05, 0) is 56.9 Å². The topological polar surface area (TPSA) is 26.0 Å². The molecule has 1 nitrogen and oxygen atoms in total. The molecule has 2 N–H and O–H groups in total. The number of aryl methyl sites for hydroxylation is 1. The van der Waals surface area contributed by atoms with Crippen LogP contribution in [0.1, 0.15) is 37.8 Å². The first-order valence-electron chi connectivity index (χ1n) is 5.42. The molecule has 1 aromatic carbocycles. The number of benzene rings is 1. The summed E-state index contributed by atoms with van der Waals surface area (Å²) in [7, 11) is 0. The van der Waals surface area contributed by atoms with E-state index >= 15 is 0 Å². The van der Waals surface area contributed by atoms with E-state index in [0.717, 1.165) is 24.0 Å². The Balaban J connectivity index is 2.50. The van der Waals surface area contributed by atoms with Gasteiger partial charge in [0.2, 0.25) is 0 Å². The first kappa shape index (κ1) is 10.6. The highest BCUT2D eigenvalue weighted by molar-refractivity contribution is 5.41. The van der Waals surface area contributed by atoms with Crippen molar-refractivity contribution in [2.45, 2.75) is 44.6 Å². The van der Waals surface area contributed by atoms with Gasteiger partial charge < -0.3 is 5.73 Å². The van der Waals surface area contributed by atoms with E-state index < -0.39 is 0 Å². The predicted octanol–water partition coefficient (Wildman–Crippen LogP) is 2.90. The van der Waals surface area contributed by atoms with E-state index in [4.69, 9.17) is 5.73 Å². The molecule has 0 heterocycles. The van der Waals surface area contributed by atoms with Crippen LogP contribution in [-0.2, 0) is 5.41 Å². The lowest BCUT2D eigenvalue weighted by Gasteiger charge is -2.32. The number of halogens is 1. The zero-order valence-electron chi connectivity index (χ0n) is 9.60. The molecule has 2 rings (SSSR count). The van der Waals surface area contributed by atoms with E-state index in [9.17, 15) is 4.39 Å². The molecule has 82 valence electrons. The van der Waals surface area contributed by atoms with Gasteiger partial charge in [0, 0.05) is 11.0 Å². The molecule has 15 heavy (non-hydrogen) atoms. The molecular formula is C13H18FN. The van der Waals surface area contributed by atoms with E-state index in [1.807, 2.05) is 26.8 Å². The van der Waals surface area contributed by atoms with Crippen LogP contribution in [0.4, 0.5) is 4.39 Å². The summed E-state index contributed by atoms with van der Waals surface area (Å²) in [6, 6.07) is 5.01. The van der Waals surface area contributed by atoms with Crippen LogP contribution >= 0.6 is 0 Å². The van der Waals surface area contributed by atoms with Crippen LogP contribution in [0.25, 0.3) is 0 Å². The molecule has 0 spiro atoms. The van der Waals surface area contributed by atoms with Crippen molar-refractivity contribution in [3.05, 3.63) is 35.1 Å². The zero-order valence-corrected chi connectivity index (χ0v) is 9.60. The monoisotopic (exact) mass is 207 g/mol. The van der Waals surface area contributed by atoms with Gasteiger partial charge in [-0.2, -0.15) is 0 Å². The van der Waals surface area contributed by atoms with Crippen molar-refractivity contribution in [3.8, 4) is 0 Å². The average molecular weight is 207 g/mol. The zero-order chi connectivity index (χ0) is 11.3. The first-order valence-corrected chi connectivity index (χ1v) is 5.42. The lowest BCUT2D eigenvalue weighted by atomic mass is 9.77. The van der Waals surface area contributed by atoms with Crippen molar-refractivity contribution in [3.63, 3.8) is 0 Å².